The monoisotopic (exact) mass is 352 g/mol. The highest BCUT2D eigenvalue weighted by Gasteiger charge is 2.19. The molecule has 0 bridgehead atoms. The number of carbonyl (C=O) groups is 1. The fourth-order valence-corrected chi connectivity index (χ4v) is 3.04. The number of rotatable bonds is 4. The van der Waals surface area contributed by atoms with Gasteiger partial charge in [-0.25, -0.2) is 9.50 Å². The summed E-state index contributed by atoms with van der Waals surface area (Å²) >= 11 is 0. The van der Waals surface area contributed by atoms with E-state index in [1.54, 1.807) is 4.52 Å². The Kier molecular flexibility index (Phi) is 6.15. The van der Waals surface area contributed by atoms with Crippen molar-refractivity contribution in [2.45, 2.75) is 20.8 Å². The number of nitrogens with one attached hydrogen (secondary N) is 2. The number of hydrogen-bond donors (Lipinski definition) is 2. The molecule has 1 aliphatic rings. The molecule has 1 aliphatic heterocycles. The predicted octanol–water partition coefficient (Wildman–Crippen LogP) is 0.711. The molecule has 2 aromatic heterocycles. The van der Waals surface area contributed by atoms with Gasteiger partial charge in [-0.2, -0.15) is 5.10 Å². The van der Waals surface area contributed by atoms with Gasteiger partial charge in [0.15, 0.2) is 5.65 Å². The van der Waals surface area contributed by atoms with Crippen molar-refractivity contribution in [3.8, 4) is 0 Å². The van der Waals surface area contributed by atoms with Gasteiger partial charge in [0.05, 0.1) is 5.69 Å². The summed E-state index contributed by atoms with van der Waals surface area (Å²) in [6, 6.07) is 1.96. The lowest BCUT2D eigenvalue weighted by Crippen LogP contribution is -2.46. The van der Waals surface area contributed by atoms with Crippen molar-refractivity contribution in [1.82, 2.24) is 30.1 Å². The molecule has 3 heterocycles. The van der Waals surface area contributed by atoms with E-state index in [1.165, 1.54) is 0 Å². The molecular formula is C16H25ClN6O. The molecule has 7 nitrogen and oxygen atoms in total. The van der Waals surface area contributed by atoms with Crippen molar-refractivity contribution < 1.29 is 4.79 Å². The number of hydrogen-bond acceptors (Lipinski definition) is 5. The Hall–Kier alpha value is -1.70. The average molecular weight is 353 g/mol. The Morgan fingerprint density at radius 1 is 1.29 bits per heavy atom. The van der Waals surface area contributed by atoms with Gasteiger partial charge in [-0.15, -0.1) is 12.4 Å². The minimum Gasteiger partial charge on any atom is -0.351 e. The first-order valence-corrected chi connectivity index (χ1v) is 8.11. The summed E-state index contributed by atoms with van der Waals surface area (Å²) in [5.41, 5.74) is 3.81. The smallest absolute Gasteiger partial charge is 0.257 e. The second kappa shape index (κ2) is 7.92. The van der Waals surface area contributed by atoms with E-state index in [0.29, 0.717) is 23.4 Å². The molecule has 1 fully saturated rings. The lowest BCUT2D eigenvalue weighted by molar-refractivity contribution is 0.0948. The van der Waals surface area contributed by atoms with Crippen molar-refractivity contribution in [3.63, 3.8) is 0 Å². The molecule has 2 aromatic rings. The number of fused-ring (bicyclic) bond motifs is 1. The molecule has 0 atom stereocenters. The number of nitrogens with zero attached hydrogens (tertiary/aromatic N) is 4. The number of piperazine rings is 1. The maximum absolute atomic E-state index is 12.6. The van der Waals surface area contributed by atoms with Gasteiger partial charge in [-0.3, -0.25) is 9.69 Å². The van der Waals surface area contributed by atoms with Crippen LogP contribution in [0, 0.1) is 20.8 Å². The summed E-state index contributed by atoms with van der Waals surface area (Å²) in [6.07, 6.45) is 0. The third kappa shape index (κ3) is 3.85. The summed E-state index contributed by atoms with van der Waals surface area (Å²) < 4.78 is 1.74. The molecule has 3 rings (SSSR count). The molecule has 1 amide bonds. The lowest BCUT2D eigenvalue weighted by atomic mass is 10.2. The number of amides is 1. The molecule has 0 radical (unpaired) electrons. The van der Waals surface area contributed by atoms with Crippen molar-refractivity contribution in [3.05, 3.63) is 28.7 Å². The average Bonchev–Trinajstić information content (AvgIpc) is 2.85. The van der Waals surface area contributed by atoms with E-state index in [0.717, 1.165) is 44.1 Å². The van der Waals surface area contributed by atoms with E-state index < -0.39 is 0 Å². The molecule has 132 valence electrons. The molecular weight excluding hydrogens is 328 g/mol. The van der Waals surface area contributed by atoms with Crippen LogP contribution < -0.4 is 10.6 Å². The maximum atomic E-state index is 12.6. The summed E-state index contributed by atoms with van der Waals surface area (Å²) in [4.78, 5) is 19.4. The highest BCUT2D eigenvalue weighted by Crippen LogP contribution is 2.15. The van der Waals surface area contributed by atoms with E-state index >= 15 is 0 Å². The lowest BCUT2D eigenvalue weighted by Gasteiger charge is -2.27. The van der Waals surface area contributed by atoms with Crippen LogP contribution in [0.3, 0.4) is 0 Å². The molecule has 0 unspecified atom stereocenters. The Bertz CT molecular complexity index is 723. The fraction of sp³-hybridized carbons (Fsp3) is 0.562. The summed E-state index contributed by atoms with van der Waals surface area (Å²) in [5.74, 6) is -0.0925. The van der Waals surface area contributed by atoms with Crippen LogP contribution in [0.15, 0.2) is 6.07 Å². The molecule has 0 saturated carbocycles. The zero-order chi connectivity index (χ0) is 16.4. The molecule has 0 aromatic carbocycles. The zero-order valence-electron chi connectivity index (χ0n) is 14.4. The third-order valence-corrected chi connectivity index (χ3v) is 4.22. The topological polar surface area (TPSA) is 74.6 Å². The van der Waals surface area contributed by atoms with Gasteiger partial charge in [0.1, 0.15) is 5.56 Å². The summed E-state index contributed by atoms with van der Waals surface area (Å²) in [7, 11) is 0. The quantitative estimate of drug-likeness (QED) is 0.847. The highest BCUT2D eigenvalue weighted by atomic mass is 35.5. The molecule has 8 heteroatoms. The molecule has 0 aliphatic carbocycles. The first-order valence-electron chi connectivity index (χ1n) is 8.11. The number of aromatic nitrogens is 3. The minimum atomic E-state index is -0.0925. The normalized spacial score (nSPS) is 15.3. The predicted molar refractivity (Wildman–Crippen MR) is 96.1 cm³/mol. The Labute approximate surface area is 148 Å². The van der Waals surface area contributed by atoms with Crippen molar-refractivity contribution in [1.29, 1.82) is 0 Å². The fourth-order valence-electron chi connectivity index (χ4n) is 3.04. The molecule has 0 spiro atoms. The Balaban J connectivity index is 0.00000208. The van der Waals surface area contributed by atoms with Crippen LogP contribution >= 0.6 is 12.4 Å². The van der Waals surface area contributed by atoms with E-state index in [4.69, 9.17) is 0 Å². The van der Waals surface area contributed by atoms with Crippen LogP contribution in [0.4, 0.5) is 0 Å². The van der Waals surface area contributed by atoms with Crippen molar-refractivity contribution in [2.75, 3.05) is 39.3 Å². The summed E-state index contributed by atoms with van der Waals surface area (Å²) in [5, 5.41) is 10.8. The summed E-state index contributed by atoms with van der Waals surface area (Å²) in [6.45, 7) is 11.4. The first kappa shape index (κ1) is 18.6. The van der Waals surface area contributed by atoms with Crippen molar-refractivity contribution in [2.24, 2.45) is 0 Å². The number of halogens is 1. The molecule has 2 N–H and O–H groups in total. The maximum Gasteiger partial charge on any atom is 0.257 e. The van der Waals surface area contributed by atoms with E-state index in [1.807, 2.05) is 26.8 Å². The van der Waals surface area contributed by atoms with E-state index in [9.17, 15) is 4.79 Å². The molecule has 1 saturated heterocycles. The number of carbonyl (C=O) groups excluding carboxylic acids is 1. The van der Waals surface area contributed by atoms with E-state index in [-0.39, 0.29) is 18.3 Å². The van der Waals surface area contributed by atoms with Crippen molar-refractivity contribution >= 4 is 24.0 Å². The Morgan fingerprint density at radius 3 is 2.71 bits per heavy atom. The van der Waals surface area contributed by atoms with Gasteiger partial charge in [-0.1, -0.05) is 0 Å². The van der Waals surface area contributed by atoms with Gasteiger partial charge in [0.25, 0.3) is 5.91 Å². The van der Waals surface area contributed by atoms with Crippen LogP contribution in [0.25, 0.3) is 5.65 Å². The third-order valence-electron chi connectivity index (χ3n) is 4.22. The SMILES string of the molecule is Cc1cc(C)n2nc(C)c(C(=O)NCCN3CCNCC3)c2n1.Cl. The van der Waals surface area contributed by atoms with Crippen LogP contribution in [0.5, 0.6) is 0 Å². The standard InChI is InChI=1S/C16H24N6O.ClH/c1-11-10-12(2)22-15(19-11)14(13(3)20-22)16(23)18-6-9-21-7-4-17-5-8-21;/h10,17H,4-9H2,1-3H3,(H,18,23);1H. The van der Waals surface area contributed by atoms with Gasteiger partial charge in [-0.05, 0) is 26.8 Å². The van der Waals surface area contributed by atoms with Crippen LogP contribution in [0.2, 0.25) is 0 Å². The second-order valence-corrected chi connectivity index (χ2v) is 6.08. The van der Waals surface area contributed by atoms with E-state index in [2.05, 4.69) is 25.6 Å². The zero-order valence-corrected chi connectivity index (χ0v) is 15.2. The van der Waals surface area contributed by atoms with Gasteiger partial charge < -0.3 is 10.6 Å². The van der Waals surface area contributed by atoms with Gasteiger partial charge in [0.2, 0.25) is 0 Å². The first-order chi connectivity index (χ1) is 11.1. The highest BCUT2D eigenvalue weighted by molar-refractivity contribution is 6.01. The van der Waals surface area contributed by atoms with Crippen LogP contribution in [-0.4, -0.2) is 64.7 Å². The Morgan fingerprint density at radius 2 is 2.00 bits per heavy atom. The molecule has 24 heavy (non-hydrogen) atoms. The number of aryl methyl sites for hydroxylation is 3. The second-order valence-electron chi connectivity index (χ2n) is 6.08. The largest absolute Gasteiger partial charge is 0.351 e. The van der Waals surface area contributed by atoms with Crippen LogP contribution in [0.1, 0.15) is 27.4 Å². The minimum absolute atomic E-state index is 0. The van der Waals surface area contributed by atoms with Gasteiger partial charge in [0, 0.05) is 50.7 Å². The van der Waals surface area contributed by atoms with Gasteiger partial charge >= 0.3 is 0 Å². The van der Waals surface area contributed by atoms with Crippen LogP contribution in [-0.2, 0) is 0 Å².